The predicted octanol–water partition coefficient (Wildman–Crippen LogP) is 4.13. The van der Waals surface area contributed by atoms with Crippen LogP contribution >= 0.6 is 23.4 Å². The fourth-order valence-electron chi connectivity index (χ4n) is 4.02. The highest BCUT2D eigenvalue weighted by molar-refractivity contribution is 7.98. The SMILES string of the molecule is CSc1nc(N2CC3CCC(C2)N3C(=O)OC(C)(C)C)c2cnc(Cl)c(F)c2n1. The van der Waals surface area contributed by atoms with Crippen LogP contribution in [0.2, 0.25) is 5.15 Å². The highest BCUT2D eigenvalue weighted by Gasteiger charge is 2.45. The number of rotatable bonds is 2. The molecule has 2 aromatic heterocycles. The minimum atomic E-state index is -0.640. The van der Waals surface area contributed by atoms with Crippen LogP contribution in [0.25, 0.3) is 10.9 Å². The zero-order valence-corrected chi connectivity index (χ0v) is 18.3. The van der Waals surface area contributed by atoms with Crippen LogP contribution in [0.15, 0.2) is 11.4 Å². The van der Waals surface area contributed by atoms with E-state index in [4.69, 9.17) is 16.3 Å². The molecule has 2 aliphatic heterocycles. The lowest BCUT2D eigenvalue weighted by Crippen LogP contribution is -2.57. The lowest BCUT2D eigenvalue weighted by atomic mass is 10.1. The van der Waals surface area contributed by atoms with Gasteiger partial charge in [0.25, 0.3) is 0 Å². The van der Waals surface area contributed by atoms with E-state index in [0.29, 0.717) is 29.5 Å². The van der Waals surface area contributed by atoms with Crippen molar-refractivity contribution < 1.29 is 13.9 Å². The Morgan fingerprint density at radius 3 is 2.52 bits per heavy atom. The smallest absolute Gasteiger partial charge is 0.410 e. The molecular formula is C19H23ClFN5O2S. The predicted molar refractivity (Wildman–Crippen MR) is 111 cm³/mol. The third-order valence-electron chi connectivity index (χ3n) is 5.17. The molecule has 4 rings (SSSR count). The molecule has 2 unspecified atom stereocenters. The van der Waals surface area contributed by atoms with Crippen molar-refractivity contribution in [3.63, 3.8) is 0 Å². The molecule has 0 spiro atoms. The van der Waals surface area contributed by atoms with Gasteiger partial charge in [-0.25, -0.2) is 24.1 Å². The molecule has 10 heteroatoms. The summed E-state index contributed by atoms with van der Waals surface area (Å²) in [5.41, 5.74) is -0.368. The molecule has 2 saturated heterocycles. The monoisotopic (exact) mass is 439 g/mol. The van der Waals surface area contributed by atoms with Crippen molar-refractivity contribution in [2.75, 3.05) is 24.2 Å². The number of thioether (sulfide) groups is 1. The van der Waals surface area contributed by atoms with Crippen LogP contribution in [0, 0.1) is 5.82 Å². The van der Waals surface area contributed by atoms with Gasteiger partial charge in [0, 0.05) is 19.3 Å². The first-order valence-electron chi connectivity index (χ1n) is 9.50. The summed E-state index contributed by atoms with van der Waals surface area (Å²) in [6.45, 7) is 6.80. The molecule has 2 atom stereocenters. The van der Waals surface area contributed by atoms with E-state index in [1.807, 2.05) is 31.9 Å². The highest BCUT2D eigenvalue weighted by Crippen LogP contribution is 2.36. The van der Waals surface area contributed by atoms with Crippen molar-refractivity contribution in [2.45, 2.75) is 56.5 Å². The zero-order chi connectivity index (χ0) is 20.9. The second-order valence-electron chi connectivity index (χ2n) is 8.34. The van der Waals surface area contributed by atoms with E-state index >= 15 is 0 Å². The van der Waals surface area contributed by atoms with E-state index in [1.54, 1.807) is 0 Å². The number of hydrogen-bond acceptors (Lipinski definition) is 7. The van der Waals surface area contributed by atoms with Crippen LogP contribution in [-0.4, -0.2) is 63.0 Å². The van der Waals surface area contributed by atoms with Crippen LogP contribution in [0.3, 0.4) is 0 Å². The Labute approximate surface area is 178 Å². The molecule has 2 bridgehead atoms. The number of carbonyl (C=O) groups is 1. The number of anilines is 1. The first kappa shape index (κ1) is 20.4. The van der Waals surface area contributed by atoms with Gasteiger partial charge in [-0.05, 0) is 39.9 Å². The average Bonchev–Trinajstić information content (AvgIpc) is 2.93. The van der Waals surface area contributed by atoms with Gasteiger partial charge in [0.15, 0.2) is 16.1 Å². The highest BCUT2D eigenvalue weighted by atomic mass is 35.5. The topological polar surface area (TPSA) is 71.5 Å². The Hall–Kier alpha value is -1.87. The number of ether oxygens (including phenoxy) is 1. The molecule has 2 aromatic rings. The van der Waals surface area contributed by atoms with Gasteiger partial charge in [-0.2, -0.15) is 0 Å². The van der Waals surface area contributed by atoms with Gasteiger partial charge in [0.2, 0.25) is 0 Å². The van der Waals surface area contributed by atoms with Crippen molar-refractivity contribution >= 4 is 46.2 Å². The number of hydrogen-bond donors (Lipinski definition) is 0. The molecule has 0 N–H and O–H groups in total. The van der Waals surface area contributed by atoms with Gasteiger partial charge in [-0.3, -0.25) is 4.90 Å². The van der Waals surface area contributed by atoms with E-state index in [2.05, 4.69) is 19.9 Å². The number of fused-ring (bicyclic) bond motifs is 3. The summed E-state index contributed by atoms with van der Waals surface area (Å²) in [4.78, 5) is 29.5. The fourth-order valence-corrected chi connectivity index (χ4v) is 4.52. The zero-order valence-electron chi connectivity index (χ0n) is 16.8. The number of aromatic nitrogens is 3. The van der Waals surface area contributed by atoms with Gasteiger partial charge < -0.3 is 9.64 Å². The minimum absolute atomic E-state index is 0.0245. The largest absolute Gasteiger partial charge is 0.444 e. The molecule has 1 amide bonds. The number of pyridine rings is 1. The molecule has 0 aromatic carbocycles. The van der Waals surface area contributed by atoms with Crippen molar-refractivity contribution in [2.24, 2.45) is 0 Å². The number of amides is 1. The van der Waals surface area contributed by atoms with E-state index in [9.17, 15) is 9.18 Å². The van der Waals surface area contributed by atoms with Crippen LogP contribution in [-0.2, 0) is 4.74 Å². The Bertz CT molecular complexity index is 956. The lowest BCUT2D eigenvalue weighted by Gasteiger charge is -2.42. The first-order chi connectivity index (χ1) is 13.7. The summed E-state index contributed by atoms with van der Waals surface area (Å²) in [7, 11) is 0. The molecule has 0 aliphatic carbocycles. The summed E-state index contributed by atoms with van der Waals surface area (Å²) in [6.07, 6.45) is 4.88. The molecule has 7 nitrogen and oxygen atoms in total. The van der Waals surface area contributed by atoms with E-state index < -0.39 is 11.4 Å². The standard InChI is InChI=1S/C19H23ClFN5O2S/c1-19(2,3)28-18(27)26-10-5-6-11(26)9-25(8-10)16-12-7-22-15(20)13(21)14(12)23-17(24-16)29-4/h7,10-11H,5-6,8-9H2,1-4H3. The number of halogens is 2. The maximum Gasteiger partial charge on any atom is 0.410 e. The van der Waals surface area contributed by atoms with E-state index in [-0.39, 0.29) is 28.8 Å². The Morgan fingerprint density at radius 2 is 1.93 bits per heavy atom. The molecule has 0 saturated carbocycles. The molecule has 156 valence electrons. The Kier molecular flexibility index (Phi) is 5.23. The van der Waals surface area contributed by atoms with E-state index in [0.717, 1.165) is 12.8 Å². The Balaban J connectivity index is 1.67. The van der Waals surface area contributed by atoms with Crippen LogP contribution in [0.5, 0.6) is 0 Å². The number of carbonyl (C=O) groups excluding carboxylic acids is 1. The van der Waals surface area contributed by atoms with Crippen LogP contribution < -0.4 is 4.90 Å². The van der Waals surface area contributed by atoms with E-state index in [1.165, 1.54) is 18.0 Å². The summed E-state index contributed by atoms with van der Waals surface area (Å²) in [6, 6.07) is 0.0490. The fraction of sp³-hybridized carbons (Fsp3) is 0.579. The minimum Gasteiger partial charge on any atom is -0.444 e. The van der Waals surface area contributed by atoms with Crippen molar-refractivity contribution in [3.05, 3.63) is 17.2 Å². The summed E-state index contributed by atoms with van der Waals surface area (Å²) < 4.78 is 20.2. The molecular weight excluding hydrogens is 417 g/mol. The number of nitrogens with zero attached hydrogens (tertiary/aromatic N) is 5. The van der Waals surface area contributed by atoms with Crippen molar-refractivity contribution in [1.82, 2.24) is 19.9 Å². The van der Waals surface area contributed by atoms with Gasteiger partial charge in [0.1, 0.15) is 16.9 Å². The van der Waals surface area contributed by atoms with Gasteiger partial charge in [-0.1, -0.05) is 23.4 Å². The van der Waals surface area contributed by atoms with Gasteiger partial charge in [0.05, 0.1) is 17.5 Å². The van der Waals surface area contributed by atoms with Crippen LogP contribution in [0.1, 0.15) is 33.6 Å². The maximum absolute atomic E-state index is 14.6. The molecule has 29 heavy (non-hydrogen) atoms. The molecule has 2 aliphatic rings. The number of piperazine rings is 1. The summed E-state index contributed by atoms with van der Waals surface area (Å²) >= 11 is 7.20. The van der Waals surface area contributed by atoms with Crippen molar-refractivity contribution in [3.8, 4) is 0 Å². The molecule has 4 heterocycles. The average molecular weight is 440 g/mol. The molecule has 2 fully saturated rings. The van der Waals surface area contributed by atoms with Gasteiger partial charge in [-0.15, -0.1) is 0 Å². The third kappa shape index (κ3) is 3.82. The van der Waals surface area contributed by atoms with Gasteiger partial charge >= 0.3 is 6.09 Å². The quantitative estimate of drug-likeness (QED) is 0.395. The van der Waals surface area contributed by atoms with Crippen molar-refractivity contribution in [1.29, 1.82) is 0 Å². The third-order valence-corrected chi connectivity index (χ3v) is 5.98. The Morgan fingerprint density at radius 1 is 1.28 bits per heavy atom. The normalized spacial score (nSPS) is 21.7. The molecule has 0 radical (unpaired) electrons. The van der Waals surface area contributed by atoms with Crippen LogP contribution in [0.4, 0.5) is 15.0 Å². The second kappa shape index (κ2) is 7.43. The second-order valence-corrected chi connectivity index (χ2v) is 9.47. The summed E-state index contributed by atoms with van der Waals surface area (Å²) in [5, 5.41) is 0.787. The first-order valence-corrected chi connectivity index (χ1v) is 11.1. The summed E-state index contributed by atoms with van der Waals surface area (Å²) in [5.74, 6) is -0.0124. The maximum atomic E-state index is 14.6. The lowest BCUT2D eigenvalue weighted by molar-refractivity contribution is 0.0123.